The molecule has 4 saturated carbocycles. The Hall–Kier alpha value is -0.0800. The highest BCUT2D eigenvalue weighted by atomic mass is 16.5. The fourth-order valence-corrected chi connectivity index (χ4v) is 6.14. The molecule has 0 aromatic carbocycles. The summed E-state index contributed by atoms with van der Waals surface area (Å²) in [5.41, 5.74) is 0. The molecule has 0 aromatic rings. The van der Waals surface area contributed by atoms with Gasteiger partial charge in [0.15, 0.2) is 0 Å². The zero-order valence-corrected chi connectivity index (χ0v) is 13.6. The standard InChI is InChI=1S/C19H33NO/c1-2-6-15(7-3-1)21-11-5-10-20-19-13-14-12-18(19)17-9-4-8-16(14)17/h14-20H,1-13H2. The molecule has 5 atom stereocenters. The SMILES string of the molecule is C1CCC(OCCCNC2CC3CC2C2CCCC32)CC1. The van der Waals surface area contributed by atoms with Crippen LogP contribution in [0, 0.1) is 23.7 Å². The molecule has 1 N–H and O–H groups in total. The van der Waals surface area contributed by atoms with Gasteiger partial charge in [0, 0.05) is 12.6 Å². The van der Waals surface area contributed by atoms with E-state index in [9.17, 15) is 0 Å². The minimum absolute atomic E-state index is 0.584. The summed E-state index contributed by atoms with van der Waals surface area (Å²) in [4.78, 5) is 0. The van der Waals surface area contributed by atoms with Crippen LogP contribution in [-0.4, -0.2) is 25.3 Å². The molecule has 0 heterocycles. The molecule has 0 aliphatic heterocycles. The molecule has 0 saturated heterocycles. The highest BCUT2D eigenvalue weighted by Gasteiger charge is 2.53. The fraction of sp³-hybridized carbons (Fsp3) is 1.00. The molecule has 2 bridgehead atoms. The average molecular weight is 291 g/mol. The summed E-state index contributed by atoms with van der Waals surface area (Å²) in [6.45, 7) is 2.16. The first-order chi connectivity index (χ1) is 10.4. The van der Waals surface area contributed by atoms with Crippen LogP contribution >= 0.6 is 0 Å². The number of ether oxygens (including phenoxy) is 1. The number of hydrogen-bond acceptors (Lipinski definition) is 2. The molecular weight excluding hydrogens is 258 g/mol. The summed E-state index contributed by atoms with van der Waals surface area (Å²) >= 11 is 0. The van der Waals surface area contributed by atoms with Crippen molar-refractivity contribution in [1.82, 2.24) is 5.32 Å². The lowest BCUT2D eigenvalue weighted by atomic mass is 9.79. The first-order valence-corrected chi connectivity index (χ1v) is 9.77. The van der Waals surface area contributed by atoms with Gasteiger partial charge in [-0.3, -0.25) is 0 Å². The maximum atomic E-state index is 6.04. The first kappa shape index (κ1) is 14.5. The minimum Gasteiger partial charge on any atom is -0.378 e. The summed E-state index contributed by atoms with van der Waals surface area (Å²) in [6, 6.07) is 0.851. The quantitative estimate of drug-likeness (QED) is 0.743. The van der Waals surface area contributed by atoms with E-state index in [-0.39, 0.29) is 0 Å². The molecule has 2 heteroatoms. The molecule has 4 aliphatic carbocycles. The molecular formula is C19H33NO. The molecule has 5 unspecified atom stereocenters. The van der Waals surface area contributed by atoms with Crippen LogP contribution in [-0.2, 0) is 4.74 Å². The van der Waals surface area contributed by atoms with Crippen LogP contribution in [0.2, 0.25) is 0 Å². The Balaban J connectivity index is 1.12. The molecule has 120 valence electrons. The van der Waals surface area contributed by atoms with Gasteiger partial charge in [-0.2, -0.15) is 0 Å². The molecule has 0 aromatic heterocycles. The van der Waals surface area contributed by atoms with E-state index < -0.39 is 0 Å². The van der Waals surface area contributed by atoms with E-state index in [0.29, 0.717) is 6.10 Å². The third-order valence-corrected chi connectivity index (χ3v) is 7.06. The van der Waals surface area contributed by atoms with Gasteiger partial charge < -0.3 is 10.1 Å². The summed E-state index contributed by atoms with van der Waals surface area (Å²) in [5.74, 6) is 4.34. The van der Waals surface area contributed by atoms with Crippen molar-refractivity contribution < 1.29 is 4.74 Å². The van der Waals surface area contributed by atoms with Crippen LogP contribution in [0.1, 0.15) is 70.6 Å². The Labute approximate surface area is 130 Å². The van der Waals surface area contributed by atoms with E-state index in [1.54, 1.807) is 12.8 Å². The maximum absolute atomic E-state index is 6.04. The maximum Gasteiger partial charge on any atom is 0.0575 e. The third kappa shape index (κ3) is 3.03. The number of hydrogen-bond donors (Lipinski definition) is 1. The van der Waals surface area contributed by atoms with Crippen molar-refractivity contribution in [2.45, 2.75) is 82.8 Å². The lowest BCUT2D eigenvalue weighted by molar-refractivity contribution is 0.0267. The second-order valence-electron chi connectivity index (χ2n) is 8.20. The van der Waals surface area contributed by atoms with Crippen LogP contribution in [0.15, 0.2) is 0 Å². The van der Waals surface area contributed by atoms with Crippen LogP contribution < -0.4 is 5.32 Å². The molecule has 4 fully saturated rings. The van der Waals surface area contributed by atoms with Gasteiger partial charge in [0.25, 0.3) is 0 Å². The zero-order valence-electron chi connectivity index (χ0n) is 13.6. The van der Waals surface area contributed by atoms with Gasteiger partial charge >= 0.3 is 0 Å². The van der Waals surface area contributed by atoms with Crippen LogP contribution in [0.25, 0.3) is 0 Å². The predicted molar refractivity (Wildman–Crippen MR) is 86.3 cm³/mol. The van der Waals surface area contributed by atoms with Gasteiger partial charge in [-0.15, -0.1) is 0 Å². The van der Waals surface area contributed by atoms with Crippen molar-refractivity contribution in [3.05, 3.63) is 0 Å². The van der Waals surface area contributed by atoms with Crippen molar-refractivity contribution in [2.24, 2.45) is 23.7 Å². The summed E-state index contributed by atoms with van der Waals surface area (Å²) in [5, 5.41) is 3.88. The number of rotatable bonds is 6. The molecule has 0 radical (unpaired) electrons. The molecule has 0 spiro atoms. The minimum atomic E-state index is 0.584. The largest absolute Gasteiger partial charge is 0.378 e. The van der Waals surface area contributed by atoms with E-state index >= 15 is 0 Å². The highest BCUT2D eigenvalue weighted by Crippen LogP contribution is 2.58. The van der Waals surface area contributed by atoms with Gasteiger partial charge in [0.1, 0.15) is 0 Å². The van der Waals surface area contributed by atoms with Gasteiger partial charge in [-0.1, -0.05) is 25.7 Å². The van der Waals surface area contributed by atoms with Gasteiger partial charge in [0.05, 0.1) is 6.10 Å². The summed E-state index contributed by atoms with van der Waals surface area (Å²) in [6.07, 6.45) is 16.2. The average Bonchev–Trinajstić information content (AvgIpc) is 3.20. The Morgan fingerprint density at radius 1 is 0.810 bits per heavy atom. The normalized spacial score (nSPS) is 42.6. The smallest absolute Gasteiger partial charge is 0.0575 e. The van der Waals surface area contributed by atoms with Crippen LogP contribution in [0.5, 0.6) is 0 Å². The second-order valence-corrected chi connectivity index (χ2v) is 8.20. The summed E-state index contributed by atoms with van der Waals surface area (Å²) in [7, 11) is 0. The van der Waals surface area contributed by atoms with Crippen molar-refractivity contribution in [3.63, 3.8) is 0 Å². The van der Waals surface area contributed by atoms with Crippen molar-refractivity contribution in [1.29, 1.82) is 0 Å². The lowest BCUT2D eigenvalue weighted by Crippen LogP contribution is -2.40. The van der Waals surface area contributed by atoms with E-state index in [0.717, 1.165) is 36.3 Å². The van der Waals surface area contributed by atoms with E-state index in [4.69, 9.17) is 4.74 Å². The number of nitrogens with one attached hydrogen (secondary N) is 1. The van der Waals surface area contributed by atoms with Crippen molar-refractivity contribution in [3.8, 4) is 0 Å². The van der Waals surface area contributed by atoms with Gasteiger partial charge in [0.2, 0.25) is 0 Å². The van der Waals surface area contributed by atoms with Crippen molar-refractivity contribution >= 4 is 0 Å². The predicted octanol–water partition coefficient (Wildman–Crippen LogP) is 4.14. The van der Waals surface area contributed by atoms with Crippen molar-refractivity contribution in [2.75, 3.05) is 13.2 Å². The van der Waals surface area contributed by atoms with Crippen LogP contribution in [0.4, 0.5) is 0 Å². The fourth-order valence-electron chi connectivity index (χ4n) is 6.14. The van der Waals surface area contributed by atoms with Gasteiger partial charge in [-0.25, -0.2) is 0 Å². The molecule has 4 rings (SSSR count). The first-order valence-electron chi connectivity index (χ1n) is 9.77. The van der Waals surface area contributed by atoms with E-state index in [2.05, 4.69) is 5.32 Å². The lowest BCUT2D eigenvalue weighted by Gasteiger charge is -2.32. The van der Waals surface area contributed by atoms with Gasteiger partial charge in [-0.05, 0) is 75.2 Å². The Kier molecular flexibility index (Phi) is 4.55. The monoisotopic (exact) mass is 291 g/mol. The zero-order chi connectivity index (χ0) is 14.1. The topological polar surface area (TPSA) is 21.3 Å². The molecule has 2 nitrogen and oxygen atoms in total. The number of fused-ring (bicyclic) bond motifs is 5. The third-order valence-electron chi connectivity index (χ3n) is 7.06. The second kappa shape index (κ2) is 6.58. The molecule has 21 heavy (non-hydrogen) atoms. The highest BCUT2D eigenvalue weighted by molar-refractivity contribution is 5.05. The van der Waals surface area contributed by atoms with Crippen LogP contribution in [0.3, 0.4) is 0 Å². The Morgan fingerprint density at radius 3 is 2.57 bits per heavy atom. The van der Waals surface area contributed by atoms with E-state index in [1.807, 2.05) is 0 Å². The van der Waals surface area contributed by atoms with E-state index in [1.165, 1.54) is 64.3 Å². The Bertz CT molecular complexity index is 338. The Morgan fingerprint density at radius 2 is 1.67 bits per heavy atom. The molecule has 4 aliphatic rings. The summed E-state index contributed by atoms with van der Waals surface area (Å²) < 4.78 is 6.04. The molecule has 0 amide bonds.